The van der Waals surface area contributed by atoms with E-state index in [2.05, 4.69) is 9.97 Å². The summed E-state index contributed by atoms with van der Waals surface area (Å²) in [5, 5.41) is 13.5. The van der Waals surface area contributed by atoms with E-state index in [1.807, 2.05) is 52.5 Å². The van der Waals surface area contributed by atoms with Crippen LogP contribution in [0.5, 0.6) is 0 Å². The van der Waals surface area contributed by atoms with E-state index in [1.54, 1.807) is 17.5 Å². The van der Waals surface area contributed by atoms with E-state index < -0.39 is 6.10 Å². The van der Waals surface area contributed by atoms with Gasteiger partial charge in [-0.3, -0.25) is 9.38 Å². The SMILES string of the molecule is OC(Cc1cn2ccsc2n1)c1ccc2ncccc2c1. The van der Waals surface area contributed by atoms with Crippen LogP contribution in [0.1, 0.15) is 17.4 Å². The molecule has 0 bridgehead atoms. The quantitative estimate of drug-likeness (QED) is 0.631. The highest BCUT2D eigenvalue weighted by atomic mass is 32.1. The Hall–Kier alpha value is -2.24. The summed E-state index contributed by atoms with van der Waals surface area (Å²) in [4.78, 5) is 9.76. The van der Waals surface area contributed by atoms with Gasteiger partial charge in [0.25, 0.3) is 0 Å². The summed E-state index contributed by atoms with van der Waals surface area (Å²) < 4.78 is 1.98. The molecule has 1 unspecified atom stereocenters. The average Bonchev–Trinajstić information content (AvgIpc) is 3.08. The fraction of sp³-hybridized carbons (Fsp3) is 0.125. The Kier molecular flexibility index (Phi) is 2.94. The van der Waals surface area contributed by atoms with E-state index in [0.29, 0.717) is 6.42 Å². The summed E-state index contributed by atoms with van der Waals surface area (Å²) in [7, 11) is 0. The van der Waals surface area contributed by atoms with Gasteiger partial charge in [0.05, 0.1) is 17.3 Å². The largest absolute Gasteiger partial charge is 0.388 e. The van der Waals surface area contributed by atoms with Crippen LogP contribution in [-0.2, 0) is 6.42 Å². The number of imidazole rings is 1. The first-order valence-electron chi connectivity index (χ1n) is 6.73. The third-order valence-corrected chi connectivity index (χ3v) is 4.33. The van der Waals surface area contributed by atoms with Gasteiger partial charge in [-0.1, -0.05) is 12.1 Å². The molecule has 0 aliphatic rings. The normalized spacial score (nSPS) is 13.0. The lowest BCUT2D eigenvalue weighted by molar-refractivity contribution is 0.177. The van der Waals surface area contributed by atoms with Gasteiger partial charge in [-0.25, -0.2) is 4.98 Å². The molecule has 104 valence electrons. The van der Waals surface area contributed by atoms with Crippen LogP contribution in [0.4, 0.5) is 0 Å². The zero-order valence-corrected chi connectivity index (χ0v) is 12.0. The summed E-state index contributed by atoms with van der Waals surface area (Å²) in [5.41, 5.74) is 2.74. The predicted octanol–water partition coefficient (Wildman–Crippen LogP) is 3.22. The molecule has 0 aliphatic heterocycles. The fourth-order valence-corrected chi connectivity index (χ4v) is 3.21. The molecule has 1 N–H and O–H groups in total. The highest BCUT2D eigenvalue weighted by Gasteiger charge is 2.12. The van der Waals surface area contributed by atoms with Crippen LogP contribution in [0.2, 0.25) is 0 Å². The molecule has 3 heterocycles. The standard InChI is InChI=1S/C16H13N3OS/c20-15(9-13-10-19-6-7-21-16(19)18-13)12-3-4-14-11(8-12)2-1-5-17-14/h1-8,10,15,20H,9H2. The van der Waals surface area contributed by atoms with Gasteiger partial charge in [0.2, 0.25) is 0 Å². The first kappa shape index (κ1) is 12.5. The number of benzene rings is 1. The number of rotatable bonds is 3. The van der Waals surface area contributed by atoms with Gasteiger partial charge in [0.15, 0.2) is 4.96 Å². The topological polar surface area (TPSA) is 50.4 Å². The molecule has 0 radical (unpaired) electrons. The number of fused-ring (bicyclic) bond motifs is 2. The van der Waals surface area contributed by atoms with Gasteiger partial charge >= 0.3 is 0 Å². The molecule has 1 aromatic carbocycles. The number of hydrogen-bond acceptors (Lipinski definition) is 4. The minimum atomic E-state index is -0.556. The molecule has 3 aromatic heterocycles. The van der Waals surface area contributed by atoms with Crippen molar-refractivity contribution in [2.24, 2.45) is 0 Å². The Morgan fingerprint density at radius 1 is 1.29 bits per heavy atom. The molecular weight excluding hydrogens is 282 g/mol. The summed E-state index contributed by atoms with van der Waals surface area (Å²) in [6, 6.07) is 9.77. The van der Waals surface area contributed by atoms with E-state index >= 15 is 0 Å². The zero-order valence-electron chi connectivity index (χ0n) is 11.2. The monoisotopic (exact) mass is 295 g/mol. The van der Waals surface area contributed by atoms with Crippen LogP contribution >= 0.6 is 11.3 Å². The summed E-state index contributed by atoms with van der Waals surface area (Å²) in [6.45, 7) is 0. The average molecular weight is 295 g/mol. The maximum Gasteiger partial charge on any atom is 0.193 e. The van der Waals surface area contributed by atoms with E-state index in [1.165, 1.54) is 0 Å². The van der Waals surface area contributed by atoms with Crippen molar-refractivity contribution in [2.75, 3.05) is 0 Å². The highest BCUT2D eigenvalue weighted by Crippen LogP contribution is 2.22. The maximum atomic E-state index is 10.4. The van der Waals surface area contributed by atoms with Crippen LogP contribution < -0.4 is 0 Å². The number of aromatic nitrogens is 3. The molecular formula is C16H13N3OS. The first-order valence-corrected chi connectivity index (χ1v) is 7.61. The lowest BCUT2D eigenvalue weighted by Gasteiger charge is -2.10. The lowest BCUT2D eigenvalue weighted by atomic mass is 10.0. The molecule has 4 rings (SSSR count). The van der Waals surface area contributed by atoms with Crippen LogP contribution in [0.3, 0.4) is 0 Å². The highest BCUT2D eigenvalue weighted by molar-refractivity contribution is 7.15. The van der Waals surface area contributed by atoms with Crippen molar-refractivity contribution in [3.63, 3.8) is 0 Å². The number of pyridine rings is 1. The van der Waals surface area contributed by atoms with Crippen molar-refractivity contribution in [3.05, 3.63) is 65.6 Å². The molecule has 1 atom stereocenters. The predicted molar refractivity (Wildman–Crippen MR) is 83.5 cm³/mol. The number of thiazole rings is 1. The van der Waals surface area contributed by atoms with Gasteiger partial charge in [0.1, 0.15) is 0 Å². The summed E-state index contributed by atoms with van der Waals surface area (Å²) in [6.07, 6.45) is 5.68. The number of hydrogen-bond donors (Lipinski definition) is 1. The zero-order chi connectivity index (χ0) is 14.2. The van der Waals surface area contributed by atoms with Crippen LogP contribution in [0, 0.1) is 0 Å². The second-order valence-electron chi connectivity index (χ2n) is 5.00. The molecule has 0 fully saturated rings. The summed E-state index contributed by atoms with van der Waals surface area (Å²) >= 11 is 1.59. The molecule has 21 heavy (non-hydrogen) atoms. The minimum Gasteiger partial charge on any atom is -0.388 e. The number of aliphatic hydroxyl groups excluding tert-OH is 1. The van der Waals surface area contributed by atoms with Gasteiger partial charge < -0.3 is 5.11 Å². The molecule has 0 aliphatic carbocycles. The summed E-state index contributed by atoms with van der Waals surface area (Å²) in [5.74, 6) is 0. The van der Waals surface area contributed by atoms with Crippen LogP contribution in [-0.4, -0.2) is 19.5 Å². The Morgan fingerprint density at radius 3 is 3.14 bits per heavy atom. The van der Waals surface area contributed by atoms with E-state index in [4.69, 9.17) is 0 Å². The Labute approximate surface area is 125 Å². The van der Waals surface area contributed by atoms with E-state index in [-0.39, 0.29) is 0 Å². The maximum absolute atomic E-state index is 10.4. The van der Waals surface area contributed by atoms with Crippen LogP contribution in [0.25, 0.3) is 15.9 Å². The number of aliphatic hydroxyl groups is 1. The molecule has 5 heteroatoms. The van der Waals surface area contributed by atoms with Crippen molar-refractivity contribution in [1.29, 1.82) is 0 Å². The van der Waals surface area contributed by atoms with Crippen molar-refractivity contribution in [3.8, 4) is 0 Å². The Bertz CT molecular complexity index is 883. The van der Waals surface area contributed by atoms with Crippen LogP contribution in [0.15, 0.2) is 54.3 Å². The molecule has 0 amide bonds. The Morgan fingerprint density at radius 2 is 2.24 bits per heavy atom. The number of nitrogens with zero attached hydrogens (tertiary/aromatic N) is 3. The fourth-order valence-electron chi connectivity index (χ4n) is 2.49. The molecule has 0 saturated carbocycles. The third kappa shape index (κ3) is 2.30. The van der Waals surface area contributed by atoms with Gasteiger partial charge in [0, 0.05) is 35.8 Å². The van der Waals surface area contributed by atoms with Crippen molar-refractivity contribution >= 4 is 27.2 Å². The van der Waals surface area contributed by atoms with E-state index in [9.17, 15) is 5.11 Å². The van der Waals surface area contributed by atoms with E-state index in [0.717, 1.165) is 27.1 Å². The smallest absolute Gasteiger partial charge is 0.193 e. The third-order valence-electron chi connectivity index (χ3n) is 3.56. The second-order valence-corrected chi connectivity index (χ2v) is 5.87. The molecule has 0 spiro atoms. The van der Waals surface area contributed by atoms with Gasteiger partial charge in [-0.2, -0.15) is 0 Å². The van der Waals surface area contributed by atoms with Gasteiger partial charge in [-0.05, 0) is 23.8 Å². The van der Waals surface area contributed by atoms with Crippen molar-refractivity contribution in [2.45, 2.75) is 12.5 Å². The van der Waals surface area contributed by atoms with Crippen molar-refractivity contribution in [1.82, 2.24) is 14.4 Å². The molecule has 0 saturated heterocycles. The first-order chi connectivity index (χ1) is 10.3. The molecule has 4 aromatic rings. The Balaban J connectivity index is 1.63. The second kappa shape index (κ2) is 4.95. The minimum absolute atomic E-state index is 0.514. The van der Waals surface area contributed by atoms with Crippen molar-refractivity contribution < 1.29 is 5.11 Å². The molecule has 4 nitrogen and oxygen atoms in total. The lowest BCUT2D eigenvalue weighted by Crippen LogP contribution is -2.02. The van der Waals surface area contributed by atoms with Gasteiger partial charge in [-0.15, -0.1) is 11.3 Å².